The first-order valence-corrected chi connectivity index (χ1v) is 7.88. The number of carbonyl (C=O) groups excluding carboxylic acids is 3. The monoisotopic (exact) mass is 343 g/mol. The zero-order valence-electron chi connectivity index (χ0n) is 14.2. The summed E-state index contributed by atoms with van der Waals surface area (Å²) in [6.07, 6.45) is 3.50. The summed E-state index contributed by atoms with van der Waals surface area (Å²) < 4.78 is 4.81. The Hall–Kier alpha value is -3.14. The van der Waals surface area contributed by atoms with Gasteiger partial charge in [-0.3, -0.25) is 9.59 Å². The molecule has 0 aromatic heterocycles. The second kappa shape index (κ2) is 10.6. The van der Waals surface area contributed by atoms with Gasteiger partial charge < -0.3 is 15.4 Å². The summed E-state index contributed by atoms with van der Waals surface area (Å²) in [7, 11) is 0. The van der Waals surface area contributed by atoms with Crippen LogP contribution >= 0.6 is 0 Å². The third-order valence-corrected chi connectivity index (χ3v) is 3.12. The SMILES string of the molecule is CCCNC(=O)[C@H](C)NC(=O)COC(=O)/C=C/c1ccc(C#N)cc1. The van der Waals surface area contributed by atoms with Gasteiger partial charge >= 0.3 is 5.97 Å². The Morgan fingerprint density at radius 2 is 1.96 bits per heavy atom. The second-order valence-electron chi connectivity index (χ2n) is 5.26. The van der Waals surface area contributed by atoms with E-state index in [1.807, 2.05) is 13.0 Å². The minimum atomic E-state index is -0.702. The van der Waals surface area contributed by atoms with Crippen molar-refractivity contribution in [3.8, 4) is 6.07 Å². The van der Waals surface area contributed by atoms with E-state index in [4.69, 9.17) is 10.00 Å². The molecule has 1 aromatic rings. The van der Waals surface area contributed by atoms with Crippen molar-refractivity contribution in [2.45, 2.75) is 26.3 Å². The molecule has 0 aliphatic rings. The Bertz CT molecular complexity index is 675. The highest BCUT2D eigenvalue weighted by molar-refractivity contribution is 5.91. The highest BCUT2D eigenvalue weighted by atomic mass is 16.5. The highest BCUT2D eigenvalue weighted by Gasteiger charge is 2.15. The molecular weight excluding hydrogens is 322 g/mol. The van der Waals surface area contributed by atoms with Gasteiger partial charge in [0.25, 0.3) is 5.91 Å². The number of rotatable bonds is 8. The first-order chi connectivity index (χ1) is 12.0. The van der Waals surface area contributed by atoms with Gasteiger partial charge in [0.15, 0.2) is 6.61 Å². The summed E-state index contributed by atoms with van der Waals surface area (Å²) in [6.45, 7) is 3.54. The van der Waals surface area contributed by atoms with Crippen molar-refractivity contribution in [3.63, 3.8) is 0 Å². The van der Waals surface area contributed by atoms with Crippen molar-refractivity contribution in [1.82, 2.24) is 10.6 Å². The van der Waals surface area contributed by atoms with Crippen molar-refractivity contribution < 1.29 is 19.1 Å². The van der Waals surface area contributed by atoms with E-state index in [0.717, 1.165) is 12.0 Å². The molecule has 0 radical (unpaired) electrons. The number of hydrogen-bond donors (Lipinski definition) is 2. The third-order valence-electron chi connectivity index (χ3n) is 3.12. The third kappa shape index (κ3) is 7.79. The van der Waals surface area contributed by atoms with Gasteiger partial charge in [-0.15, -0.1) is 0 Å². The average molecular weight is 343 g/mol. The molecule has 0 spiro atoms. The van der Waals surface area contributed by atoms with Gasteiger partial charge in [-0.1, -0.05) is 19.1 Å². The summed E-state index contributed by atoms with van der Waals surface area (Å²) in [5.74, 6) is -1.52. The predicted molar refractivity (Wildman–Crippen MR) is 92.1 cm³/mol. The minimum absolute atomic E-state index is 0.290. The normalized spacial score (nSPS) is 11.4. The summed E-state index contributed by atoms with van der Waals surface area (Å²) in [5, 5.41) is 13.8. The molecule has 0 unspecified atom stereocenters. The van der Waals surface area contributed by atoms with Gasteiger partial charge in [0.05, 0.1) is 11.6 Å². The van der Waals surface area contributed by atoms with Crippen molar-refractivity contribution >= 4 is 23.9 Å². The molecule has 25 heavy (non-hydrogen) atoms. The lowest BCUT2D eigenvalue weighted by atomic mass is 10.1. The van der Waals surface area contributed by atoms with E-state index in [1.165, 1.54) is 12.2 Å². The van der Waals surface area contributed by atoms with Crippen LogP contribution in [0.5, 0.6) is 0 Å². The topological polar surface area (TPSA) is 108 Å². The van der Waals surface area contributed by atoms with E-state index < -0.39 is 24.5 Å². The Balaban J connectivity index is 2.37. The quantitative estimate of drug-likeness (QED) is 0.544. The van der Waals surface area contributed by atoms with Gasteiger partial charge in [0.2, 0.25) is 5.91 Å². The van der Waals surface area contributed by atoms with Crippen LogP contribution in [0.15, 0.2) is 30.3 Å². The molecule has 1 aromatic carbocycles. The standard InChI is InChI=1S/C18H21N3O4/c1-3-10-20-18(24)13(2)21-16(22)12-25-17(23)9-8-14-4-6-15(11-19)7-5-14/h4-9,13H,3,10,12H2,1-2H3,(H,20,24)(H,21,22)/b9-8+/t13-/m0/s1. The van der Waals surface area contributed by atoms with E-state index in [9.17, 15) is 14.4 Å². The molecular formula is C18H21N3O4. The molecule has 1 atom stereocenters. The molecule has 0 bridgehead atoms. The van der Waals surface area contributed by atoms with Gasteiger partial charge in [0.1, 0.15) is 6.04 Å². The fraction of sp³-hybridized carbons (Fsp3) is 0.333. The average Bonchev–Trinajstić information content (AvgIpc) is 2.62. The lowest BCUT2D eigenvalue weighted by Crippen LogP contribution is -2.46. The Morgan fingerprint density at radius 3 is 2.56 bits per heavy atom. The molecule has 0 fully saturated rings. The largest absolute Gasteiger partial charge is 0.452 e. The number of hydrogen-bond acceptors (Lipinski definition) is 5. The summed E-state index contributed by atoms with van der Waals surface area (Å²) in [6, 6.07) is 7.92. The lowest BCUT2D eigenvalue weighted by Gasteiger charge is -2.13. The fourth-order valence-corrected chi connectivity index (χ4v) is 1.77. The number of ether oxygens (including phenoxy) is 1. The zero-order chi connectivity index (χ0) is 18.7. The van der Waals surface area contributed by atoms with Crippen molar-refractivity contribution in [1.29, 1.82) is 5.26 Å². The summed E-state index contributed by atoms with van der Waals surface area (Å²) in [4.78, 5) is 34.9. The number of nitrogens with one attached hydrogen (secondary N) is 2. The zero-order valence-corrected chi connectivity index (χ0v) is 14.2. The number of nitrogens with zero attached hydrogens (tertiary/aromatic N) is 1. The van der Waals surface area contributed by atoms with Crippen molar-refractivity contribution in [2.75, 3.05) is 13.2 Å². The number of carbonyl (C=O) groups is 3. The van der Waals surface area contributed by atoms with Gasteiger partial charge in [-0.2, -0.15) is 5.26 Å². The first-order valence-electron chi connectivity index (χ1n) is 7.88. The van der Waals surface area contributed by atoms with Crippen LogP contribution in [0.1, 0.15) is 31.4 Å². The van der Waals surface area contributed by atoms with E-state index in [0.29, 0.717) is 12.1 Å². The minimum Gasteiger partial charge on any atom is -0.452 e. The Morgan fingerprint density at radius 1 is 1.28 bits per heavy atom. The maximum atomic E-state index is 11.7. The lowest BCUT2D eigenvalue weighted by molar-refractivity contribution is -0.144. The van der Waals surface area contributed by atoms with Crippen LogP contribution in [0, 0.1) is 11.3 Å². The Kier molecular flexibility index (Phi) is 8.44. The molecule has 0 aliphatic carbocycles. The van der Waals surface area contributed by atoms with Crippen LogP contribution in [-0.2, 0) is 19.1 Å². The number of esters is 1. The number of benzene rings is 1. The van der Waals surface area contributed by atoms with Crippen LogP contribution < -0.4 is 10.6 Å². The molecule has 0 aliphatic heterocycles. The van der Waals surface area contributed by atoms with Crippen molar-refractivity contribution in [2.24, 2.45) is 0 Å². The fourth-order valence-electron chi connectivity index (χ4n) is 1.77. The van der Waals surface area contributed by atoms with Crippen molar-refractivity contribution in [3.05, 3.63) is 41.5 Å². The summed E-state index contributed by atoms with van der Waals surface area (Å²) in [5.41, 5.74) is 1.25. The maximum absolute atomic E-state index is 11.7. The second-order valence-corrected chi connectivity index (χ2v) is 5.26. The van der Waals surface area contributed by atoms with Crippen LogP contribution in [-0.4, -0.2) is 37.0 Å². The first kappa shape index (κ1) is 19.9. The van der Waals surface area contributed by atoms with E-state index in [-0.39, 0.29) is 5.91 Å². The number of amides is 2. The number of nitriles is 1. The molecule has 2 N–H and O–H groups in total. The summed E-state index contributed by atoms with van der Waals surface area (Å²) >= 11 is 0. The highest BCUT2D eigenvalue weighted by Crippen LogP contribution is 2.05. The van der Waals surface area contributed by atoms with Crippen LogP contribution in [0.4, 0.5) is 0 Å². The van der Waals surface area contributed by atoms with Gasteiger partial charge in [-0.05, 0) is 37.1 Å². The van der Waals surface area contributed by atoms with Crippen LogP contribution in [0.3, 0.4) is 0 Å². The van der Waals surface area contributed by atoms with Gasteiger partial charge in [-0.25, -0.2) is 4.79 Å². The van der Waals surface area contributed by atoms with Gasteiger partial charge in [0, 0.05) is 12.6 Å². The Labute approximate surface area is 146 Å². The molecule has 0 heterocycles. The molecule has 0 saturated heterocycles. The van der Waals surface area contributed by atoms with Crippen LogP contribution in [0.2, 0.25) is 0 Å². The van der Waals surface area contributed by atoms with E-state index in [2.05, 4.69) is 10.6 Å². The smallest absolute Gasteiger partial charge is 0.331 e. The molecule has 0 saturated carbocycles. The molecule has 7 heteroatoms. The molecule has 7 nitrogen and oxygen atoms in total. The van der Waals surface area contributed by atoms with E-state index in [1.54, 1.807) is 31.2 Å². The van der Waals surface area contributed by atoms with E-state index >= 15 is 0 Å². The molecule has 1 rings (SSSR count). The van der Waals surface area contributed by atoms with Crippen LogP contribution in [0.25, 0.3) is 6.08 Å². The predicted octanol–water partition coefficient (Wildman–Crippen LogP) is 1.15. The molecule has 132 valence electrons. The maximum Gasteiger partial charge on any atom is 0.331 e. The molecule has 2 amide bonds.